The fraction of sp³-hybridized carbons (Fsp3) is 0.250. The second-order valence-electron chi connectivity index (χ2n) is 6.36. The summed E-state index contributed by atoms with van der Waals surface area (Å²) in [6, 6.07) is 5.96. The molecule has 0 atom stereocenters. The molecule has 2 rings (SSSR count). The summed E-state index contributed by atoms with van der Waals surface area (Å²) in [5.74, 6) is -2.87. The maximum absolute atomic E-state index is 12.9. The van der Waals surface area contributed by atoms with Crippen molar-refractivity contribution < 1.29 is 45.5 Å². The number of alkyl halides is 6. The molecule has 12 heteroatoms. The zero-order valence-electron chi connectivity index (χ0n) is 16.4. The van der Waals surface area contributed by atoms with E-state index in [0.717, 1.165) is 0 Å². The van der Waals surface area contributed by atoms with Crippen molar-refractivity contribution in [3.63, 3.8) is 0 Å². The molecule has 172 valence electrons. The molecule has 0 unspecified atom stereocenters. The minimum absolute atomic E-state index is 0.134. The molecule has 0 radical (unpaired) electrons. The van der Waals surface area contributed by atoms with Gasteiger partial charge in [-0.15, -0.1) is 0 Å². The van der Waals surface area contributed by atoms with Gasteiger partial charge in [0, 0.05) is 17.8 Å². The lowest BCUT2D eigenvalue weighted by molar-refractivity contribution is -0.143. The molecule has 0 saturated heterocycles. The number of rotatable bonds is 6. The van der Waals surface area contributed by atoms with Crippen LogP contribution in [-0.2, 0) is 21.9 Å². The number of halogens is 6. The Morgan fingerprint density at radius 3 is 2.00 bits per heavy atom. The highest BCUT2D eigenvalue weighted by molar-refractivity contribution is 5.98. The Hall–Kier alpha value is -3.57. The Labute approximate surface area is 177 Å². The van der Waals surface area contributed by atoms with Crippen molar-refractivity contribution in [3.8, 4) is 0 Å². The van der Waals surface area contributed by atoms with Crippen LogP contribution in [0.4, 0.5) is 32.0 Å². The van der Waals surface area contributed by atoms with Gasteiger partial charge >= 0.3 is 18.3 Å². The lowest BCUT2D eigenvalue weighted by Crippen LogP contribution is -2.24. The third-order valence-electron chi connectivity index (χ3n) is 3.90. The lowest BCUT2D eigenvalue weighted by atomic mass is 10.0. The fourth-order valence-corrected chi connectivity index (χ4v) is 2.49. The van der Waals surface area contributed by atoms with E-state index < -0.39 is 53.4 Å². The number of carbonyl (C=O) groups is 3. The maximum atomic E-state index is 12.9. The summed E-state index contributed by atoms with van der Waals surface area (Å²) in [6.45, 7) is 1.10. The summed E-state index contributed by atoms with van der Waals surface area (Å²) in [6.07, 6.45) is -10.3. The predicted molar refractivity (Wildman–Crippen MR) is 99.8 cm³/mol. The molecule has 2 N–H and O–H groups in total. The quantitative estimate of drug-likeness (QED) is 0.496. The molecule has 2 aromatic rings. The Morgan fingerprint density at radius 2 is 1.47 bits per heavy atom. The van der Waals surface area contributed by atoms with Crippen molar-refractivity contribution in [1.82, 2.24) is 5.32 Å². The van der Waals surface area contributed by atoms with Gasteiger partial charge in [0.05, 0.1) is 16.7 Å². The summed E-state index contributed by atoms with van der Waals surface area (Å²) >= 11 is 0. The lowest BCUT2D eigenvalue weighted by Gasteiger charge is -2.14. The van der Waals surface area contributed by atoms with E-state index in [1.54, 1.807) is 6.92 Å². The van der Waals surface area contributed by atoms with Crippen molar-refractivity contribution in [3.05, 3.63) is 64.7 Å². The molecule has 6 nitrogen and oxygen atoms in total. The van der Waals surface area contributed by atoms with E-state index >= 15 is 0 Å². The number of hydrogen-bond donors (Lipinski definition) is 2. The molecule has 0 heterocycles. The number of amides is 2. The summed E-state index contributed by atoms with van der Waals surface area (Å²) < 4.78 is 81.8. The molecule has 32 heavy (non-hydrogen) atoms. The normalized spacial score (nSPS) is 11.6. The second kappa shape index (κ2) is 9.71. The minimum Gasteiger partial charge on any atom is -0.452 e. The molecular formula is C20H16F6N2O4. The Kier molecular flexibility index (Phi) is 7.49. The van der Waals surface area contributed by atoms with Crippen LogP contribution in [0.25, 0.3) is 0 Å². The molecule has 2 amide bonds. The van der Waals surface area contributed by atoms with Crippen LogP contribution in [0.5, 0.6) is 0 Å². The number of benzene rings is 2. The van der Waals surface area contributed by atoms with Gasteiger partial charge in [-0.1, -0.05) is 6.07 Å². The first kappa shape index (κ1) is 24.7. The average Bonchev–Trinajstić information content (AvgIpc) is 2.70. The Balaban J connectivity index is 2.10. The van der Waals surface area contributed by atoms with E-state index in [1.807, 2.05) is 0 Å². The van der Waals surface area contributed by atoms with Gasteiger partial charge in [-0.25, -0.2) is 4.79 Å². The van der Waals surface area contributed by atoms with Gasteiger partial charge in [-0.05, 0) is 43.3 Å². The topological polar surface area (TPSA) is 84.5 Å². The van der Waals surface area contributed by atoms with E-state index in [1.165, 1.54) is 24.3 Å². The molecule has 0 aliphatic carbocycles. The largest absolute Gasteiger partial charge is 0.452 e. The van der Waals surface area contributed by atoms with Crippen molar-refractivity contribution in [2.75, 3.05) is 18.5 Å². The van der Waals surface area contributed by atoms with Crippen molar-refractivity contribution >= 4 is 23.5 Å². The number of ether oxygens (including phenoxy) is 1. The monoisotopic (exact) mass is 462 g/mol. The van der Waals surface area contributed by atoms with Crippen LogP contribution in [0.1, 0.15) is 38.8 Å². The first-order valence-electron chi connectivity index (χ1n) is 8.96. The number of nitrogens with one attached hydrogen (secondary N) is 2. The molecule has 0 saturated carbocycles. The maximum Gasteiger partial charge on any atom is 0.416 e. The zero-order chi connectivity index (χ0) is 24.1. The summed E-state index contributed by atoms with van der Waals surface area (Å²) in [5.41, 5.74) is -4.01. The van der Waals surface area contributed by atoms with Crippen LogP contribution in [0, 0.1) is 0 Å². The molecular weight excluding hydrogens is 446 g/mol. The van der Waals surface area contributed by atoms with Gasteiger partial charge in [-0.3, -0.25) is 9.59 Å². The first-order chi connectivity index (χ1) is 14.8. The van der Waals surface area contributed by atoms with E-state index in [-0.39, 0.29) is 29.4 Å². The third kappa shape index (κ3) is 6.72. The van der Waals surface area contributed by atoms with Crippen molar-refractivity contribution in [2.45, 2.75) is 19.3 Å². The third-order valence-corrected chi connectivity index (χ3v) is 3.90. The van der Waals surface area contributed by atoms with Crippen LogP contribution < -0.4 is 10.6 Å². The molecule has 0 aromatic heterocycles. The summed E-state index contributed by atoms with van der Waals surface area (Å²) in [4.78, 5) is 35.7. The predicted octanol–water partition coefficient (Wildman–Crippen LogP) is 4.27. The number of anilines is 1. The highest BCUT2D eigenvalue weighted by atomic mass is 19.4. The summed E-state index contributed by atoms with van der Waals surface area (Å²) in [7, 11) is 0. The smallest absolute Gasteiger partial charge is 0.416 e. The highest BCUT2D eigenvalue weighted by Gasteiger charge is 2.37. The average molecular weight is 462 g/mol. The first-order valence-corrected chi connectivity index (χ1v) is 8.96. The van der Waals surface area contributed by atoms with Crippen LogP contribution in [0.2, 0.25) is 0 Å². The second-order valence-corrected chi connectivity index (χ2v) is 6.36. The van der Waals surface area contributed by atoms with E-state index in [9.17, 15) is 40.7 Å². The highest BCUT2D eigenvalue weighted by Crippen LogP contribution is 2.36. The number of carbonyl (C=O) groups excluding carboxylic acids is 3. The minimum atomic E-state index is -5.14. The van der Waals surface area contributed by atoms with Gasteiger partial charge in [0.1, 0.15) is 0 Å². The molecule has 0 spiro atoms. The zero-order valence-corrected chi connectivity index (χ0v) is 16.4. The number of esters is 1. The van der Waals surface area contributed by atoms with Crippen molar-refractivity contribution in [2.24, 2.45) is 0 Å². The molecule has 0 fully saturated rings. The molecule has 2 aromatic carbocycles. The van der Waals surface area contributed by atoms with Gasteiger partial charge in [0.15, 0.2) is 6.61 Å². The van der Waals surface area contributed by atoms with Crippen LogP contribution >= 0.6 is 0 Å². The van der Waals surface area contributed by atoms with E-state index in [0.29, 0.717) is 6.54 Å². The SMILES string of the molecule is CCNC(=O)c1cccc(NC(=O)COC(=O)c2cc(C(F)(F)F)cc(C(F)(F)F)c2)c1. The molecule has 0 aliphatic heterocycles. The summed E-state index contributed by atoms with van der Waals surface area (Å²) in [5, 5.41) is 4.85. The Bertz CT molecular complexity index is 986. The van der Waals surface area contributed by atoms with Crippen LogP contribution in [0.15, 0.2) is 42.5 Å². The Morgan fingerprint density at radius 1 is 0.875 bits per heavy atom. The standard InChI is InChI=1S/C20H16F6N2O4/c1-2-27-17(30)11-4-3-5-15(8-11)28-16(29)10-32-18(31)12-6-13(19(21,22)23)9-14(7-12)20(24,25)26/h3-9H,2,10H2,1H3,(H,27,30)(H,28,29). The van der Waals surface area contributed by atoms with Gasteiger partial charge in [-0.2, -0.15) is 26.3 Å². The van der Waals surface area contributed by atoms with E-state index in [4.69, 9.17) is 0 Å². The van der Waals surface area contributed by atoms with Crippen LogP contribution in [0.3, 0.4) is 0 Å². The van der Waals surface area contributed by atoms with Crippen molar-refractivity contribution in [1.29, 1.82) is 0 Å². The molecule has 0 bridgehead atoms. The van der Waals surface area contributed by atoms with Gasteiger partial charge < -0.3 is 15.4 Å². The number of hydrogen-bond acceptors (Lipinski definition) is 4. The van der Waals surface area contributed by atoms with Gasteiger partial charge in [0.25, 0.3) is 11.8 Å². The van der Waals surface area contributed by atoms with Gasteiger partial charge in [0.2, 0.25) is 0 Å². The van der Waals surface area contributed by atoms with E-state index in [2.05, 4.69) is 15.4 Å². The fourth-order valence-electron chi connectivity index (χ4n) is 2.49. The van der Waals surface area contributed by atoms with Crippen LogP contribution in [-0.4, -0.2) is 30.9 Å². The molecule has 0 aliphatic rings.